The van der Waals surface area contributed by atoms with Crippen LogP contribution in [0.2, 0.25) is 4.34 Å². The molecule has 22 heavy (non-hydrogen) atoms. The first kappa shape index (κ1) is 15.9. The molecule has 1 aliphatic heterocycles. The molecule has 1 amide bonds. The van der Waals surface area contributed by atoms with Crippen molar-refractivity contribution in [2.24, 2.45) is 5.92 Å². The molecule has 0 saturated carbocycles. The van der Waals surface area contributed by atoms with Gasteiger partial charge in [-0.15, -0.1) is 22.7 Å². The van der Waals surface area contributed by atoms with E-state index in [4.69, 9.17) is 11.6 Å². The van der Waals surface area contributed by atoms with Gasteiger partial charge in [0.05, 0.1) is 9.21 Å². The quantitative estimate of drug-likeness (QED) is 0.911. The maximum atomic E-state index is 12.6. The Balaban J connectivity index is 1.71. The molecule has 3 rings (SSSR count). The van der Waals surface area contributed by atoms with E-state index >= 15 is 0 Å². The summed E-state index contributed by atoms with van der Waals surface area (Å²) in [6, 6.07) is 3.81. The van der Waals surface area contributed by atoms with Crippen LogP contribution >= 0.6 is 34.3 Å². The molecule has 0 radical (unpaired) electrons. The molecule has 1 atom stereocenters. The SMILES string of the molecule is CNCC1CCCN(C(=O)c2csc(-c3ccc(Cl)s3)n2)C1. The zero-order valence-corrected chi connectivity index (χ0v) is 14.7. The number of carbonyl (C=O) groups excluding carboxylic acids is 1. The third-order valence-electron chi connectivity index (χ3n) is 3.81. The van der Waals surface area contributed by atoms with Gasteiger partial charge in [-0.25, -0.2) is 4.98 Å². The molecule has 0 spiro atoms. The predicted molar refractivity (Wildman–Crippen MR) is 93.0 cm³/mol. The standard InChI is InChI=1S/C15H18ClN3OS2/c1-17-7-10-3-2-6-19(8-10)15(20)11-9-21-14(18-11)12-4-5-13(16)22-12/h4-5,9-10,17H,2-3,6-8H2,1H3. The first-order chi connectivity index (χ1) is 10.7. The number of likely N-dealkylation sites (tertiary alicyclic amines) is 1. The highest BCUT2D eigenvalue weighted by Gasteiger charge is 2.25. The van der Waals surface area contributed by atoms with Crippen LogP contribution < -0.4 is 5.32 Å². The molecule has 2 aromatic rings. The zero-order valence-electron chi connectivity index (χ0n) is 12.3. The lowest BCUT2D eigenvalue weighted by atomic mass is 9.98. The molecular weight excluding hydrogens is 338 g/mol. The van der Waals surface area contributed by atoms with Crippen LogP contribution in [-0.2, 0) is 0 Å². The molecule has 1 N–H and O–H groups in total. The van der Waals surface area contributed by atoms with Crippen molar-refractivity contribution >= 4 is 40.2 Å². The second kappa shape index (κ2) is 7.08. The normalized spacial score (nSPS) is 18.6. The summed E-state index contributed by atoms with van der Waals surface area (Å²) < 4.78 is 0.740. The maximum Gasteiger partial charge on any atom is 0.273 e. The minimum absolute atomic E-state index is 0.0472. The predicted octanol–water partition coefficient (Wildman–Crippen LogP) is 3.60. The van der Waals surface area contributed by atoms with E-state index in [1.807, 2.05) is 29.5 Å². The second-order valence-electron chi connectivity index (χ2n) is 5.46. The van der Waals surface area contributed by atoms with Crippen molar-refractivity contribution < 1.29 is 4.79 Å². The fourth-order valence-electron chi connectivity index (χ4n) is 2.78. The molecule has 3 heterocycles. The lowest BCUT2D eigenvalue weighted by Crippen LogP contribution is -2.42. The van der Waals surface area contributed by atoms with Gasteiger partial charge < -0.3 is 10.2 Å². The number of amides is 1. The monoisotopic (exact) mass is 355 g/mol. The Labute approximate surface area is 143 Å². The highest BCUT2D eigenvalue weighted by molar-refractivity contribution is 7.23. The topological polar surface area (TPSA) is 45.2 Å². The minimum Gasteiger partial charge on any atom is -0.337 e. The number of rotatable bonds is 4. The van der Waals surface area contributed by atoms with Gasteiger partial charge in [0.1, 0.15) is 10.7 Å². The van der Waals surface area contributed by atoms with Crippen LogP contribution in [0, 0.1) is 5.92 Å². The van der Waals surface area contributed by atoms with Crippen molar-refractivity contribution in [1.29, 1.82) is 0 Å². The molecule has 7 heteroatoms. The molecule has 4 nitrogen and oxygen atoms in total. The maximum absolute atomic E-state index is 12.6. The van der Waals surface area contributed by atoms with Crippen LogP contribution in [0.15, 0.2) is 17.5 Å². The van der Waals surface area contributed by atoms with Gasteiger partial charge in [-0.2, -0.15) is 0 Å². The summed E-state index contributed by atoms with van der Waals surface area (Å²) in [5.74, 6) is 0.586. The zero-order chi connectivity index (χ0) is 15.5. The molecule has 118 valence electrons. The van der Waals surface area contributed by atoms with E-state index in [-0.39, 0.29) is 5.91 Å². The fraction of sp³-hybridized carbons (Fsp3) is 0.467. The molecule has 1 fully saturated rings. The van der Waals surface area contributed by atoms with Gasteiger partial charge in [0.25, 0.3) is 5.91 Å². The summed E-state index contributed by atoms with van der Waals surface area (Å²) >= 11 is 8.95. The van der Waals surface area contributed by atoms with Crippen molar-refractivity contribution in [2.75, 3.05) is 26.7 Å². The molecule has 1 unspecified atom stereocenters. The number of carbonyl (C=O) groups is 1. The van der Waals surface area contributed by atoms with Crippen LogP contribution in [0.1, 0.15) is 23.3 Å². The molecule has 1 aliphatic rings. The Bertz CT molecular complexity index is 653. The lowest BCUT2D eigenvalue weighted by molar-refractivity contribution is 0.0669. The summed E-state index contributed by atoms with van der Waals surface area (Å²) in [6.07, 6.45) is 2.25. The van der Waals surface area contributed by atoms with Crippen molar-refractivity contribution in [1.82, 2.24) is 15.2 Å². The number of nitrogens with zero attached hydrogens (tertiary/aromatic N) is 2. The molecule has 0 aliphatic carbocycles. The van der Waals surface area contributed by atoms with Gasteiger partial charge in [-0.3, -0.25) is 4.79 Å². The van der Waals surface area contributed by atoms with Crippen molar-refractivity contribution in [3.05, 3.63) is 27.5 Å². The van der Waals surface area contributed by atoms with Gasteiger partial charge in [0, 0.05) is 18.5 Å². The van der Waals surface area contributed by atoms with Crippen molar-refractivity contribution in [2.45, 2.75) is 12.8 Å². The van der Waals surface area contributed by atoms with Crippen LogP contribution in [0.5, 0.6) is 0 Å². The average molecular weight is 356 g/mol. The number of aromatic nitrogens is 1. The van der Waals surface area contributed by atoms with E-state index in [1.165, 1.54) is 29.1 Å². The third kappa shape index (κ3) is 3.51. The van der Waals surface area contributed by atoms with E-state index in [2.05, 4.69) is 10.3 Å². The Hall–Kier alpha value is -0.950. The summed E-state index contributed by atoms with van der Waals surface area (Å²) in [7, 11) is 1.96. The van der Waals surface area contributed by atoms with Gasteiger partial charge in [-0.05, 0) is 44.5 Å². The van der Waals surface area contributed by atoms with Gasteiger partial charge in [0.2, 0.25) is 0 Å². The number of thiazole rings is 1. The van der Waals surface area contributed by atoms with Crippen LogP contribution in [0.25, 0.3) is 9.88 Å². The van der Waals surface area contributed by atoms with Crippen LogP contribution in [0.3, 0.4) is 0 Å². The fourth-order valence-corrected chi connectivity index (χ4v) is 4.69. The summed E-state index contributed by atoms with van der Waals surface area (Å²) in [4.78, 5) is 20.1. The van der Waals surface area contributed by atoms with Crippen LogP contribution in [0.4, 0.5) is 0 Å². The third-order valence-corrected chi connectivity index (χ3v) is 6.05. The summed E-state index contributed by atoms with van der Waals surface area (Å²) in [6.45, 7) is 2.61. The molecule has 0 aromatic carbocycles. The van der Waals surface area contributed by atoms with Crippen LogP contribution in [-0.4, -0.2) is 42.5 Å². The first-order valence-electron chi connectivity index (χ1n) is 7.32. The van der Waals surface area contributed by atoms with E-state index in [0.717, 1.165) is 40.3 Å². The molecular formula is C15H18ClN3OS2. The average Bonchev–Trinajstić information content (AvgIpc) is 3.16. The Morgan fingerprint density at radius 3 is 3.14 bits per heavy atom. The number of hydrogen-bond acceptors (Lipinski definition) is 5. The Kier molecular flexibility index (Phi) is 5.13. The Morgan fingerprint density at radius 2 is 2.41 bits per heavy atom. The van der Waals surface area contributed by atoms with Gasteiger partial charge in [-0.1, -0.05) is 11.6 Å². The van der Waals surface area contributed by atoms with E-state index in [9.17, 15) is 4.79 Å². The van der Waals surface area contributed by atoms with Gasteiger partial charge >= 0.3 is 0 Å². The number of thiophene rings is 1. The first-order valence-corrected chi connectivity index (χ1v) is 9.40. The highest BCUT2D eigenvalue weighted by Crippen LogP contribution is 2.33. The molecule has 1 saturated heterocycles. The van der Waals surface area contributed by atoms with E-state index in [0.29, 0.717) is 11.6 Å². The lowest BCUT2D eigenvalue weighted by Gasteiger charge is -2.32. The second-order valence-corrected chi connectivity index (χ2v) is 8.03. The number of piperidine rings is 1. The van der Waals surface area contributed by atoms with E-state index in [1.54, 1.807) is 0 Å². The Morgan fingerprint density at radius 1 is 1.55 bits per heavy atom. The molecule has 0 bridgehead atoms. The summed E-state index contributed by atoms with van der Waals surface area (Å²) in [5, 5.41) is 5.92. The van der Waals surface area contributed by atoms with Crippen molar-refractivity contribution in [3.8, 4) is 9.88 Å². The van der Waals surface area contributed by atoms with E-state index < -0.39 is 0 Å². The smallest absolute Gasteiger partial charge is 0.273 e. The largest absolute Gasteiger partial charge is 0.337 e. The van der Waals surface area contributed by atoms with Gasteiger partial charge in [0.15, 0.2) is 0 Å². The highest BCUT2D eigenvalue weighted by atomic mass is 35.5. The number of halogens is 1. The van der Waals surface area contributed by atoms with Crippen molar-refractivity contribution in [3.63, 3.8) is 0 Å². The number of nitrogens with one attached hydrogen (secondary N) is 1. The number of hydrogen-bond donors (Lipinski definition) is 1. The minimum atomic E-state index is 0.0472. The summed E-state index contributed by atoms with van der Waals surface area (Å²) in [5.41, 5.74) is 0.551. The molecule has 2 aromatic heterocycles.